The van der Waals surface area contributed by atoms with Crippen LogP contribution in [0.2, 0.25) is 5.02 Å². The van der Waals surface area contributed by atoms with Gasteiger partial charge in [0.25, 0.3) is 15.9 Å². The van der Waals surface area contributed by atoms with Gasteiger partial charge < -0.3 is 14.8 Å². The third-order valence-electron chi connectivity index (χ3n) is 4.77. The van der Waals surface area contributed by atoms with E-state index in [9.17, 15) is 13.2 Å². The Balaban J connectivity index is 1.90. The van der Waals surface area contributed by atoms with Crippen LogP contribution in [0.1, 0.15) is 21.5 Å². The summed E-state index contributed by atoms with van der Waals surface area (Å²) in [6, 6.07) is 14.3. The molecule has 9 heteroatoms. The molecule has 3 aromatic rings. The lowest BCUT2D eigenvalue weighted by Crippen LogP contribution is -2.17. The average Bonchev–Trinajstić information content (AvgIpc) is 2.76. The summed E-state index contributed by atoms with van der Waals surface area (Å²) in [5.41, 5.74) is 2.74. The molecule has 168 valence electrons. The molecule has 3 aromatic carbocycles. The average molecular weight is 475 g/mol. The molecule has 0 aromatic heterocycles. The van der Waals surface area contributed by atoms with Crippen LogP contribution in [0.4, 0.5) is 11.4 Å². The number of methoxy groups -OCH3 is 2. The summed E-state index contributed by atoms with van der Waals surface area (Å²) < 4.78 is 39.0. The molecule has 0 radical (unpaired) electrons. The van der Waals surface area contributed by atoms with E-state index in [-0.39, 0.29) is 15.5 Å². The zero-order chi connectivity index (χ0) is 23.5. The number of hydrogen-bond donors (Lipinski definition) is 2. The van der Waals surface area contributed by atoms with E-state index < -0.39 is 15.9 Å². The summed E-state index contributed by atoms with van der Waals surface area (Å²) in [5.74, 6) is 0.446. The van der Waals surface area contributed by atoms with Gasteiger partial charge in [0.1, 0.15) is 16.4 Å². The smallest absolute Gasteiger partial charge is 0.263 e. The number of carbonyl (C=O) groups is 1. The predicted octanol–water partition coefficient (Wildman–Crippen LogP) is 5.03. The monoisotopic (exact) mass is 474 g/mol. The molecule has 0 saturated heterocycles. The number of benzene rings is 3. The lowest BCUT2D eigenvalue weighted by Gasteiger charge is -2.14. The number of hydrogen-bond acceptors (Lipinski definition) is 5. The number of aryl methyl sites for hydroxylation is 2. The van der Waals surface area contributed by atoms with Gasteiger partial charge in [-0.15, -0.1) is 0 Å². The number of rotatable bonds is 7. The summed E-state index contributed by atoms with van der Waals surface area (Å²) in [6.07, 6.45) is 0. The summed E-state index contributed by atoms with van der Waals surface area (Å²) in [7, 11) is -1.04. The molecule has 0 unspecified atom stereocenters. The lowest BCUT2D eigenvalue weighted by atomic mass is 10.1. The first-order valence-corrected chi connectivity index (χ1v) is 11.4. The van der Waals surface area contributed by atoms with Crippen LogP contribution >= 0.6 is 11.6 Å². The van der Waals surface area contributed by atoms with E-state index in [1.54, 1.807) is 37.3 Å². The van der Waals surface area contributed by atoms with Crippen LogP contribution in [0.5, 0.6) is 11.5 Å². The Morgan fingerprint density at radius 1 is 0.906 bits per heavy atom. The minimum Gasteiger partial charge on any atom is -0.497 e. The molecule has 1 amide bonds. The third kappa shape index (κ3) is 5.15. The van der Waals surface area contributed by atoms with E-state index in [0.717, 1.165) is 11.1 Å². The molecule has 0 atom stereocenters. The molecule has 0 spiro atoms. The van der Waals surface area contributed by atoms with E-state index in [4.69, 9.17) is 21.1 Å². The lowest BCUT2D eigenvalue weighted by molar-refractivity contribution is 0.102. The molecule has 32 heavy (non-hydrogen) atoms. The summed E-state index contributed by atoms with van der Waals surface area (Å²) in [6.45, 7) is 3.72. The Morgan fingerprint density at radius 3 is 2.28 bits per heavy atom. The van der Waals surface area contributed by atoms with Crippen molar-refractivity contribution in [3.63, 3.8) is 0 Å². The number of ether oxygens (including phenoxy) is 2. The highest BCUT2D eigenvalue weighted by atomic mass is 35.5. The Kier molecular flexibility index (Phi) is 6.96. The molecule has 0 saturated carbocycles. The van der Waals surface area contributed by atoms with Crippen molar-refractivity contribution in [1.29, 1.82) is 0 Å². The molecule has 7 nitrogen and oxygen atoms in total. The first-order valence-electron chi connectivity index (χ1n) is 9.57. The van der Waals surface area contributed by atoms with E-state index in [2.05, 4.69) is 10.0 Å². The standard InChI is InChI=1S/C23H23ClN2O5S/c1-14-5-9-19(15(2)11-14)26-32(28,29)22-12-16(6-8-18(22)24)23(27)25-20-10-7-17(30-3)13-21(20)31-4/h5-13,26H,1-4H3,(H,25,27). The fourth-order valence-electron chi connectivity index (χ4n) is 3.07. The summed E-state index contributed by atoms with van der Waals surface area (Å²) in [5, 5.41) is 2.72. The highest BCUT2D eigenvalue weighted by Gasteiger charge is 2.21. The number of sulfonamides is 1. The Hall–Kier alpha value is -3.23. The van der Waals surface area contributed by atoms with Gasteiger partial charge in [0.15, 0.2) is 0 Å². The summed E-state index contributed by atoms with van der Waals surface area (Å²) in [4.78, 5) is 12.6. The van der Waals surface area contributed by atoms with Crippen molar-refractivity contribution >= 4 is 38.9 Å². The maximum Gasteiger partial charge on any atom is 0.263 e. The Labute approximate surface area is 192 Å². The van der Waals surface area contributed by atoms with Crippen LogP contribution in [0, 0.1) is 13.8 Å². The van der Waals surface area contributed by atoms with Gasteiger partial charge in [0.05, 0.1) is 30.6 Å². The van der Waals surface area contributed by atoms with E-state index in [0.29, 0.717) is 22.9 Å². The number of carbonyl (C=O) groups excluding carboxylic acids is 1. The minimum atomic E-state index is -4.03. The van der Waals surface area contributed by atoms with Gasteiger partial charge in [-0.3, -0.25) is 9.52 Å². The first-order chi connectivity index (χ1) is 15.1. The topological polar surface area (TPSA) is 93.7 Å². The van der Waals surface area contributed by atoms with Gasteiger partial charge in [-0.05, 0) is 55.8 Å². The van der Waals surface area contributed by atoms with Gasteiger partial charge in [-0.25, -0.2) is 8.42 Å². The van der Waals surface area contributed by atoms with Crippen molar-refractivity contribution in [2.24, 2.45) is 0 Å². The minimum absolute atomic E-state index is 0.000780. The second-order valence-electron chi connectivity index (χ2n) is 7.09. The van der Waals surface area contributed by atoms with Gasteiger partial charge in [-0.2, -0.15) is 0 Å². The highest BCUT2D eigenvalue weighted by molar-refractivity contribution is 7.92. The van der Waals surface area contributed by atoms with Crippen LogP contribution in [-0.2, 0) is 10.0 Å². The van der Waals surface area contributed by atoms with Crippen molar-refractivity contribution in [2.75, 3.05) is 24.3 Å². The number of anilines is 2. The fourth-order valence-corrected chi connectivity index (χ4v) is 4.73. The van der Waals surface area contributed by atoms with Crippen LogP contribution in [-0.4, -0.2) is 28.5 Å². The van der Waals surface area contributed by atoms with Crippen molar-refractivity contribution in [2.45, 2.75) is 18.7 Å². The third-order valence-corrected chi connectivity index (χ3v) is 6.61. The largest absolute Gasteiger partial charge is 0.497 e. The van der Waals surface area contributed by atoms with Gasteiger partial charge in [0.2, 0.25) is 0 Å². The van der Waals surface area contributed by atoms with Gasteiger partial charge in [-0.1, -0.05) is 29.3 Å². The van der Waals surface area contributed by atoms with Crippen molar-refractivity contribution in [3.05, 3.63) is 76.3 Å². The molecule has 0 aliphatic carbocycles. The van der Waals surface area contributed by atoms with Crippen LogP contribution in [0.25, 0.3) is 0 Å². The Bertz CT molecular complexity index is 1280. The zero-order valence-electron chi connectivity index (χ0n) is 18.0. The van der Waals surface area contributed by atoms with E-state index in [1.165, 1.54) is 32.4 Å². The van der Waals surface area contributed by atoms with E-state index >= 15 is 0 Å². The van der Waals surface area contributed by atoms with Gasteiger partial charge >= 0.3 is 0 Å². The highest BCUT2D eigenvalue weighted by Crippen LogP contribution is 2.30. The maximum atomic E-state index is 13.0. The molecule has 3 rings (SSSR count). The van der Waals surface area contributed by atoms with Crippen LogP contribution < -0.4 is 19.5 Å². The maximum absolute atomic E-state index is 13.0. The molecule has 0 fully saturated rings. The molecule has 0 bridgehead atoms. The molecule has 2 N–H and O–H groups in total. The molecule has 0 heterocycles. The first kappa shape index (κ1) is 23.4. The van der Waals surface area contributed by atoms with Crippen LogP contribution in [0.3, 0.4) is 0 Å². The molecular weight excluding hydrogens is 452 g/mol. The van der Waals surface area contributed by atoms with E-state index in [1.807, 2.05) is 13.0 Å². The van der Waals surface area contributed by atoms with Crippen LogP contribution in [0.15, 0.2) is 59.5 Å². The summed E-state index contributed by atoms with van der Waals surface area (Å²) >= 11 is 6.17. The molecular formula is C23H23ClN2O5S. The predicted molar refractivity (Wildman–Crippen MR) is 126 cm³/mol. The number of amides is 1. The van der Waals surface area contributed by atoms with Crippen molar-refractivity contribution in [3.8, 4) is 11.5 Å². The number of halogens is 1. The number of nitrogens with one attached hydrogen (secondary N) is 2. The normalized spacial score (nSPS) is 11.0. The Morgan fingerprint density at radius 2 is 1.62 bits per heavy atom. The second-order valence-corrected chi connectivity index (χ2v) is 9.15. The SMILES string of the molecule is COc1ccc(NC(=O)c2ccc(Cl)c(S(=O)(=O)Nc3ccc(C)cc3C)c2)c(OC)c1. The molecule has 0 aliphatic heterocycles. The quantitative estimate of drug-likeness (QED) is 0.501. The van der Waals surface area contributed by atoms with Crippen molar-refractivity contribution in [1.82, 2.24) is 0 Å². The molecule has 0 aliphatic rings. The fraction of sp³-hybridized carbons (Fsp3) is 0.174. The zero-order valence-corrected chi connectivity index (χ0v) is 19.6. The van der Waals surface area contributed by atoms with Crippen molar-refractivity contribution < 1.29 is 22.7 Å². The second kappa shape index (κ2) is 9.50. The van der Waals surface area contributed by atoms with Gasteiger partial charge in [0, 0.05) is 11.6 Å².